The van der Waals surface area contributed by atoms with E-state index >= 15 is 0 Å². The Balaban J connectivity index is 1.96. The van der Waals surface area contributed by atoms with E-state index in [0.717, 1.165) is 0 Å². The molecule has 0 nitrogen and oxygen atoms in total. The summed E-state index contributed by atoms with van der Waals surface area (Å²) in [6, 6.07) is 31.7. The Kier molecular flexibility index (Phi) is 2.06. The second kappa shape index (κ2) is 4.26. The molecule has 0 N–H and O–H groups in total. The molecule has 0 spiro atoms. The van der Waals surface area contributed by atoms with Crippen LogP contribution >= 0.6 is 0 Å². The molecule has 0 atom stereocenters. The average molecular weight is 350 g/mol. The van der Waals surface area contributed by atoms with E-state index in [1.54, 1.807) is 0 Å². The SMILES string of the molecule is c1ccc2c(c1)c1ccc3ccc4ccc5c6ccccc6c6c5c4c3c1c26. The van der Waals surface area contributed by atoms with E-state index in [9.17, 15) is 0 Å². The first-order valence-electron chi connectivity index (χ1n) is 9.89. The van der Waals surface area contributed by atoms with E-state index < -0.39 is 0 Å². The van der Waals surface area contributed by atoms with E-state index in [0.29, 0.717) is 0 Å². The van der Waals surface area contributed by atoms with Crippen molar-refractivity contribution in [3.8, 4) is 0 Å². The Morgan fingerprint density at radius 3 is 1.04 bits per heavy atom. The van der Waals surface area contributed by atoms with E-state index in [1.807, 2.05) is 0 Å². The van der Waals surface area contributed by atoms with E-state index in [-0.39, 0.29) is 0 Å². The van der Waals surface area contributed by atoms with Crippen LogP contribution < -0.4 is 0 Å². The minimum atomic E-state index is 1.35. The highest BCUT2D eigenvalue weighted by Crippen LogP contribution is 2.52. The standard InChI is InChI=1S/C28H14/c1-3-7-19-17(5-1)21-13-11-15-9-10-16-12-14-22-18-6-2-4-8-20(18)28-26(22)24(16)23(15)25(21)27(19)28/h1-14H. The van der Waals surface area contributed by atoms with Crippen LogP contribution in [0.3, 0.4) is 0 Å². The highest BCUT2D eigenvalue weighted by atomic mass is 14.3. The van der Waals surface area contributed by atoms with Gasteiger partial charge in [0.25, 0.3) is 0 Å². The summed E-state index contributed by atoms with van der Waals surface area (Å²) in [5, 5.41) is 19.6. The molecule has 0 saturated heterocycles. The fourth-order valence-corrected chi connectivity index (χ4v) is 5.86. The predicted molar refractivity (Wildman–Crippen MR) is 123 cm³/mol. The zero-order valence-corrected chi connectivity index (χ0v) is 15.1. The van der Waals surface area contributed by atoms with Gasteiger partial charge in [0.1, 0.15) is 0 Å². The largest absolute Gasteiger partial charge is 0.0616 e. The summed E-state index contributed by atoms with van der Waals surface area (Å²) < 4.78 is 0. The Morgan fingerprint density at radius 1 is 0.250 bits per heavy atom. The Bertz CT molecular complexity index is 1710. The number of hydrogen-bond donors (Lipinski definition) is 0. The van der Waals surface area contributed by atoms with Gasteiger partial charge in [0, 0.05) is 0 Å². The number of hydrogen-bond acceptors (Lipinski definition) is 0. The maximum atomic E-state index is 2.32. The first-order chi connectivity index (χ1) is 13.9. The summed E-state index contributed by atoms with van der Waals surface area (Å²) >= 11 is 0. The average Bonchev–Trinajstić information content (AvgIpc) is 3.27. The van der Waals surface area contributed by atoms with Gasteiger partial charge in [-0.15, -0.1) is 0 Å². The molecule has 0 bridgehead atoms. The second-order valence-electron chi connectivity index (χ2n) is 8.08. The maximum absolute atomic E-state index is 2.32. The van der Waals surface area contributed by atoms with Crippen molar-refractivity contribution < 1.29 is 0 Å². The molecule has 8 aromatic rings. The molecule has 0 saturated carbocycles. The van der Waals surface area contributed by atoms with Gasteiger partial charge >= 0.3 is 0 Å². The molecule has 0 radical (unpaired) electrons. The lowest BCUT2D eigenvalue weighted by Crippen LogP contribution is -1.84. The van der Waals surface area contributed by atoms with Crippen LogP contribution in [0.4, 0.5) is 0 Å². The quantitative estimate of drug-likeness (QED) is 0.243. The topological polar surface area (TPSA) is 0 Å². The van der Waals surface area contributed by atoms with Crippen molar-refractivity contribution >= 4 is 75.4 Å². The van der Waals surface area contributed by atoms with Gasteiger partial charge in [0.05, 0.1) is 0 Å². The summed E-state index contributed by atoms with van der Waals surface area (Å²) in [6.45, 7) is 0. The number of fused-ring (bicyclic) bond motifs is 7. The van der Waals surface area contributed by atoms with Crippen molar-refractivity contribution in [2.24, 2.45) is 0 Å². The zero-order chi connectivity index (χ0) is 18.0. The monoisotopic (exact) mass is 350 g/mol. The summed E-state index contributed by atoms with van der Waals surface area (Å²) in [7, 11) is 0. The molecule has 0 unspecified atom stereocenters. The number of rotatable bonds is 0. The van der Waals surface area contributed by atoms with Crippen molar-refractivity contribution in [3.05, 3.63) is 84.9 Å². The first-order valence-corrected chi connectivity index (χ1v) is 9.89. The Hall–Kier alpha value is -3.64. The molecule has 0 aliphatic heterocycles. The molecule has 126 valence electrons. The Labute approximate surface area is 160 Å². The third-order valence-electron chi connectivity index (χ3n) is 6.89. The second-order valence-corrected chi connectivity index (χ2v) is 8.08. The molecular formula is C28H14. The van der Waals surface area contributed by atoms with E-state index in [4.69, 9.17) is 0 Å². The van der Waals surface area contributed by atoms with E-state index in [2.05, 4.69) is 84.9 Å². The minimum Gasteiger partial charge on any atom is -0.0616 e. The van der Waals surface area contributed by atoms with Crippen molar-refractivity contribution in [1.82, 2.24) is 0 Å². The summed E-state index contributed by atoms with van der Waals surface area (Å²) in [5.41, 5.74) is 0. The van der Waals surface area contributed by atoms with Gasteiger partial charge in [-0.1, -0.05) is 84.9 Å². The van der Waals surface area contributed by atoms with Crippen molar-refractivity contribution in [2.45, 2.75) is 0 Å². The number of benzene rings is 6. The molecule has 0 fully saturated rings. The van der Waals surface area contributed by atoms with Crippen LogP contribution in [0.1, 0.15) is 0 Å². The maximum Gasteiger partial charge on any atom is -0.000719 e. The Morgan fingerprint density at radius 2 is 0.571 bits per heavy atom. The molecule has 0 aliphatic rings. The van der Waals surface area contributed by atoms with Crippen LogP contribution in [0.15, 0.2) is 84.9 Å². The molecule has 0 heterocycles. The van der Waals surface area contributed by atoms with Crippen molar-refractivity contribution in [3.63, 3.8) is 0 Å². The summed E-state index contributed by atoms with van der Waals surface area (Å²) in [6.07, 6.45) is 0. The zero-order valence-electron chi connectivity index (χ0n) is 15.1. The fraction of sp³-hybridized carbons (Fsp3) is 0. The van der Waals surface area contributed by atoms with Crippen LogP contribution in [-0.2, 0) is 0 Å². The smallest absolute Gasteiger partial charge is 0.000719 e. The third-order valence-corrected chi connectivity index (χ3v) is 6.89. The molecule has 0 aliphatic carbocycles. The van der Waals surface area contributed by atoms with Gasteiger partial charge in [-0.25, -0.2) is 0 Å². The third kappa shape index (κ3) is 1.28. The summed E-state index contributed by atoms with van der Waals surface area (Å²) in [4.78, 5) is 0. The highest BCUT2D eigenvalue weighted by Gasteiger charge is 2.23. The molecule has 28 heavy (non-hydrogen) atoms. The van der Waals surface area contributed by atoms with Crippen LogP contribution in [0.5, 0.6) is 0 Å². The molecular weight excluding hydrogens is 336 g/mol. The van der Waals surface area contributed by atoms with Crippen molar-refractivity contribution in [1.29, 1.82) is 0 Å². The lowest BCUT2D eigenvalue weighted by molar-refractivity contribution is 1.85. The molecule has 0 aromatic heterocycles. The normalized spacial score (nSPS) is 13.0. The van der Waals surface area contributed by atoms with E-state index in [1.165, 1.54) is 75.4 Å². The highest BCUT2D eigenvalue weighted by molar-refractivity contribution is 6.51. The van der Waals surface area contributed by atoms with Gasteiger partial charge < -0.3 is 0 Å². The first kappa shape index (κ1) is 13.5. The lowest BCUT2D eigenvalue weighted by atomic mass is 9.90. The lowest BCUT2D eigenvalue weighted by Gasteiger charge is -2.12. The minimum absolute atomic E-state index is 1.35. The van der Waals surface area contributed by atoms with Gasteiger partial charge in [-0.05, 0) is 75.4 Å². The predicted octanol–water partition coefficient (Wildman–Crippen LogP) is 8.07. The van der Waals surface area contributed by atoms with Gasteiger partial charge in [-0.2, -0.15) is 0 Å². The fourth-order valence-electron chi connectivity index (χ4n) is 5.86. The molecule has 8 rings (SSSR count). The molecule has 0 heteroatoms. The van der Waals surface area contributed by atoms with Crippen LogP contribution in [0.2, 0.25) is 0 Å². The van der Waals surface area contributed by atoms with Gasteiger partial charge in [0.15, 0.2) is 0 Å². The van der Waals surface area contributed by atoms with Crippen molar-refractivity contribution in [2.75, 3.05) is 0 Å². The van der Waals surface area contributed by atoms with Crippen LogP contribution in [0.25, 0.3) is 75.4 Å². The van der Waals surface area contributed by atoms with Crippen LogP contribution in [0, 0.1) is 0 Å². The molecule has 0 amide bonds. The molecule has 8 aromatic carbocycles. The van der Waals surface area contributed by atoms with Gasteiger partial charge in [0.2, 0.25) is 0 Å². The van der Waals surface area contributed by atoms with Crippen LogP contribution in [-0.4, -0.2) is 0 Å². The van der Waals surface area contributed by atoms with Gasteiger partial charge in [-0.3, -0.25) is 0 Å². The summed E-state index contributed by atoms with van der Waals surface area (Å²) in [5.74, 6) is 0.